The van der Waals surface area contributed by atoms with Gasteiger partial charge in [0.05, 0.1) is 0 Å². The predicted molar refractivity (Wildman–Crippen MR) is 123 cm³/mol. The standard InChI is InChI=1S/C24H28ClN3O3/c1-2-21-23(29)28(20-9-4-3-5-10-20)15-16-13-19(11-12-22(16)31-21)27-24(30)26-18-8-6-7-17(25)14-18/h6-8,11-14,20-21H,2-5,9-10,15H2,1H3,(H2,26,27,30)/t21-/m0/s1. The first-order chi connectivity index (χ1) is 15.0. The summed E-state index contributed by atoms with van der Waals surface area (Å²) in [6.07, 6.45) is 5.79. The van der Waals surface area contributed by atoms with Crippen LogP contribution < -0.4 is 15.4 Å². The summed E-state index contributed by atoms with van der Waals surface area (Å²) in [5.41, 5.74) is 2.17. The number of carbonyl (C=O) groups is 2. The number of fused-ring (bicyclic) bond motifs is 1. The fourth-order valence-corrected chi connectivity index (χ4v) is 4.56. The zero-order chi connectivity index (χ0) is 21.8. The average Bonchev–Trinajstić information content (AvgIpc) is 2.90. The van der Waals surface area contributed by atoms with Gasteiger partial charge in [0.25, 0.3) is 5.91 Å². The minimum absolute atomic E-state index is 0.0683. The molecule has 2 N–H and O–H groups in total. The summed E-state index contributed by atoms with van der Waals surface area (Å²) in [5.74, 6) is 0.776. The van der Waals surface area contributed by atoms with Gasteiger partial charge < -0.3 is 20.3 Å². The van der Waals surface area contributed by atoms with Gasteiger partial charge in [-0.2, -0.15) is 0 Å². The number of hydrogen-bond donors (Lipinski definition) is 2. The van der Waals surface area contributed by atoms with Crippen molar-refractivity contribution in [3.8, 4) is 5.75 Å². The number of ether oxygens (including phenoxy) is 1. The Bertz CT molecular complexity index is 959. The smallest absolute Gasteiger partial charge is 0.323 e. The molecule has 0 spiro atoms. The summed E-state index contributed by atoms with van der Waals surface area (Å²) >= 11 is 5.98. The van der Waals surface area contributed by atoms with E-state index in [1.165, 1.54) is 6.42 Å². The zero-order valence-corrected chi connectivity index (χ0v) is 18.5. The minimum atomic E-state index is -0.465. The quantitative estimate of drug-likeness (QED) is 0.628. The van der Waals surface area contributed by atoms with Crippen molar-refractivity contribution in [2.24, 2.45) is 0 Å². The highest BCUT2D eigenvalue weighted by Crippen LogP contribution is 2.33. The van der Waals surface area contributed by atoms with Crippen LogP contribution in [-0.2, 0) is 11.3 Å². The van der Waals surface area contributed by atoms with Crippen molar-refractivity contribution in [2.45, 2.75) is 64.1 Å². The lowest BCUT2D eigenvalue weighted by Gasteiger charge is -2.34. The van der Waals surface area contributed by atoms with Crippen molar-refractivity contribution < 1.29 is 14.3 Å². The highest BCUT2D eigenvalue weighted by Gasteiger charge is 2.34. The Morgan fingerprint density at radius 3 is 2.55 bits per heavy atom. The molecule has 1 fully saturated rings. The summed E-state index contributed by atoms with van der Waals surface area (Å²) in [6.45, 7) is 2.48. The van der Waals surface area contributed by atoms with Crippen LogP contribution in [0.2, 0.25) is 5.02 Å². The average molecular weight is 442 g/mol. The molecular weight excluding hydrogens is 414 g/mol. The fourth-order valence-electron chi connectivity index (χ4n) is 4.37. The van der Waals surface area contributed by atoms with Crippen molar-refractivity contribution in [1.82, 2.24) is 4.90 Å². The van der Waals surface area contributed by atoms with Crippen LogP contribution in [0.3, 0.4) is 0 Å². The third-order valence-corrected chi connectivity index (χ3v) is 6.19. The van der Waals surface area contributed by atoms with Crippen molar-refractivity contribution in [3.63, 3.8) is 0 Å². The molecule has 0 radical (unpaired) electrons. The highest BCUT2D eigenvalue weighted by molar-refractivity contribution is 6.30. The number of anilines is 2. The Hall–Kier alpha value is -2.73. The molecule has 4 rings (SSSR count). The topological polar surface area (TPSA) is 70.7 Å². The first-order valence-electron chi connectivity index (χ1n) is 11.0. The van der Waals surface area contributed by atoms with Gasteiger partial charge in [-0.25, -0.2) is 4.79 Å². The summed E-state index contributed by atoms with van der Waals surface area (Å²) in [7, 11) is 0. The van der Waals surface area contributed by atoms with Crippen molar-refractivity contribution in [3.05, 3.63) is 53.1 Å². The second-order valence-corrected chi connectivity index (χ2v) is 8.62. The number of halogens is 1. The maximum atomic E-state index is 13.1. The fraction of sp³-hybridized carbons (Fsp3) is 0.417. The molecule has 1 aliphatic carbocycles. The normalized spacial score (nSPS) is 19.2. The number of hydrogen-bond acceptors (Lipinski definition) is 3. The maximum Gasteiger partial charge on any atom is 0.323 e. The van der Waals surface area contributed by atoms with Crippen LogP contribution >= 0.6 is 11.6 Å². The van der Waals surface area contributed by atoms with Crippen LogP contribution in [0, 0.1) is 0 Å². The lowest BCUT2D eigenvalue weighted by Crippen LogP contribution is -2.45. The first-order valence-corrected chi connectivity index (χ1v) is 11.3. The molecule has 3 amide bonds. The molecule has 31 heavy (non-hydrogen) atoms. The number of benzene rings is 2. The van der Waals surface area contributed by atoms with E-state index in [0.717, 1.165) is 31.2 Å². The SMILES string of the molecule is CC[C@@H]1Oc2ccc(NC(=O)Nc3cccc(Cl)c3)cc2CN(C2CCCCC2)C1=O. The van der Waals surface area contributed by atoms with Gasteiger partial charge in [0.1, 0.15) is 5.75 Å². The van der Waals surface area contributed by atoms with E-state index in [1.807, 2.05) is 24.0 Å². The molecule has 1 atom stereocenters. The molecule has 164 valence electrons. The lowest BCUT2D eigenvalue weighted by molar-refractivity contribution is -0.141. The molecule has 7 heteroatoms. The van der Waals surface area contributed by atoms with Gasteiger partial charge in [-0.15, -0.1) is 0 Å². The van der Waals surface area contributed by atoms with E-state index in [-0.39, 0.29) is 18.0 Å². The van der Waals surface area contributed by atoms with E-state index in [2.05, 4.69) is 10.6 Å². The van der Waals surface area contributed by atoms with Crippen molar-refractivity contribution in [2.75, 3.05) is 10.6 Å². The van der Waals surface area contributed by atoms with Gasteiger partial charge in [-0.1, -0.05) is 43.9 Å². The van der Waals surface area contributed by atoms with Gasteiger partial charge >= 0.3 is 6.03 Å². The predicted octanol–water partition coefficient (Wildman–Crippen LogP) is 5.82. The Balaban J connectivity index is 1.52. The van der Waals surface area contributed by atoms with Gasteiger partial charge in [-0.05, 0) is 55.7 Å². The number of nitrogens with one attached hydrogen (secondary N) is 2. The molecule has 0 saturated heterocycles. The van der Waals surface area contributed by atoms with Crippen LogP contribution in [0.15, 0.2) is 42.5 Å². The number of urea groups is 1. The molecule has 1 aliphatic heterocycles. The zero-order valence-electron chi connectivity index (χ0n) is 17.7. The monoisotopic (exact) mass is 441 g/mol. The van der Waals surface area contributed by atoms with Crippen LogP contribution in [0.1, 0.15) is 51.0 Å². The molecule has 1 saturated carbocycles. The maximum absolute atomic E-state index is 13.1. The molecule has 0 bridgehead atoms. The number of nitrogens with zero attached hydrogens (tertiary/aromatic N) is 1. The van der Waals surface area contributed by atoms with Crippen LogP contribution in [0.4, 0.5) is 16.2 Å². The molecule has 6 nitrogen and oxygen atoms in total. The molecule has 1 heterocycles. The van der Waals surface area contributed by atoms with Gasteiger partial charge in [0, 0.05) is 34.5 Å². The minimum Gasteiger partial charge on any atom is -0.480 e. The molecule has 0 unspecified atom stereocenters. The molecular formula is C24H28ClN3O3. The summed E-state index contributed by atoms with van der Waals surface area (Å²) in [4.78, 5) is 27.6. The van der Waals surface area contributed by atoms with E-state index < -0.39 is 6.10 Å². The molecule has 2 aromatic rings. The van der Waals surface area contributed by atoms with Crippen LogP contribution in [-0.4, -0.2) is 29.0 Å². The number of amides is 3. The highest BCUT2D eigenvalue weighted by atomic mass is 35.5. The molecule has 0 aromatic heterocycles. The Labute approximate surface area is 187 Å². The Kier molecular flexibility index (Phi) is 6.66. The van der Waals surface area contributed by atoms with E-state index in [9.17, 15) is 9.59 Å². The first kappa shape index (κ1) is 21.5. The second kappa shape index (κ2) is 9.60. The summed E-state index contributed by atoms with van der Waals surface area (Å²) in [5, 5.41) is 6.19. The van der Waals surface area contributed by atoms with Crippen molar-refractivity contribution >= 4 is 34.9 Å². The van der Waals surface area contributed by atoms with Crippen molar-refractivity contribution in [1.29, 1.82) is 0 Å². The Morgan fingerprint density at radius 2 is 1.84 bits per heavy atom. The van der Waals surface area contributed by atoms with E-state index >= 15 is 0 Å². The lowest BCUT2D eigenvalue weighted by atomic mass is 9.93. The van der Waals surface area contributed by atoms with Gasteiger partial charge in [-0.3, -0.25) is 4.79 Å². The second-order valence-electron chi connectivity index (χ2n) is 8.18. The summed E-state index contributed by atoms with van der Waals surface area (Å²) in [6, 6.07) is 12.4. The van der Waals surface area contributed by atoms with Gasteiger partial charge in [0.2, 0.25) is 0 Å². The van der Waals surface area contributed by atoms with Crippen LogP contribution in [0.25, 0.3) is 0 Å². The Morgan fingerprint density at radius 1 is 1.10 bits per heavy atom. The number of carbonyl (C=O) groups excluding carboxylic acids is 2. The van der Waals surface area contributed by atoms with E-state index in [1.54, 1.807) is 30.3 Å². The van der Waals surface area contributed by atoms with Crippen LogP contribution in [0.5, 0.6) is 5.75 Å². The molecule has 2 aliphatic rings. The molecule has 2 aromatic carbocycles. The third kappa shape index (κ3) is 5.13. The van der Waals surface area contributed by atoms with E-state index in [4.69, 9.17) is 16.3 Å². The van der Waals surface area contributed by atoms with E-state index in [0.29, 0.717) is 35.1 Å². The summed E-state index contributed by atoms with van der Waals surface area (Å²) < 4.78 is 6.07. The number of rotatable bonds is 4. The third-order valence-electron chi connectivity index (χ3n) is 5.96. The van der Waals surface area contributed by atoms with Gasteiger partial charge in [0.15, 0.2) is 6.10 Å². The largest absolute Gasteiger partial charge is 0.480 e.